The second-order valence-electron chi connectivity index (χ2n) is 5.91. The van der Waals surface area contributed by atoms with Crippen LogP contribution in [0.4, 0.5) is 4.79 Å². The number of hydrogen-bond donors (Lipinski definition) is 1. The van der Waals surface area contributed by atoms with Crippen molar-refractivity contribution in [2.45, 2.75) is 0 Å². The molecule has 1 aliphatic heterocycles. The summed E-state index contributed by atoms with van der Waals surface area (Å²) in [5.41, 5.74) is 0.735. The van der Waals surface area contributed by atoms with Crippen molar-refractivity contribution in [1.82, 2.24) is 10.2 Å². The van der Waals surface area contributed by atoms with Crippen molar-refractivity contribution in [3.63, 3.8) is 0 Å². The zero-order valence-electron chi connectivity index (χ0n) is 13.4. The predicted molar refractivity (Wildman–Crippen MR) is 95.7 cm³/mol. The van der Waals surface area contributed by atoms with Gasteiger partial charge in [-0.15, -0.1) is 0 Å². The summed E-state index contributed by atoms with van der Waals surface area (Å²) >= 11 is 0. The molecule has 5 heteroatoms. The van der Waals surface area contributed by atoms with E-state index in [1.54, 1.807) is 6.08 Å². The molecular formula is C20H14N2O3. The fourth-order valence-electron chi connectivity index (χ4n) is 3.09. The minimum absolute atomic E-state index is 0.0522. The van der Waals surface area contributed by atoms with E-state index in [1.807, 2.05) is 48.5 Å². The Kier molecular flexibility index (Phi) is 3.35. The minimum Gasteiger partial charge on any atom is -0.273 e. The monoisotopic (exact) mass is 330 g/mol. The number of likely N-dealkylation sites (N-methyl/N-ethyl adjacent to an activating group) is 1. The van der Waals surface area contributed by atoms with Gasteiger partial charge in [-0.3, -0.25) is 19.8 Å². The van der Waals surface area contributed by atoms with Gasteiger partial charge in [0.25, 0.3) is 11.8 Å². The van der Waals surface area contributed by atoms with Crippen molar-refractivity contribution in [2.24, 2.45) is 0 Å². The molecule has 0 spiro atoms. The Hall–Kier alpha value is -3.47. The molecule has 0 aromatic heterocycles. The molecule has 1 saturated heterocycles. The van der Waals surface area contributed by atoms with Crippen LogP contribution in [0.1, 0.15) is 5.56 Å². The average Bonchev–Trinajstić information content (AvgIpc) is 2.62. The Morgan fingerprint density at radius 1 is 0.880 bits per heavy atom. The van der Waals surface area contributed by atoms with Gasteiger partial charge in [0.2, 0.25) is 0 Å². The molecule has 0 aliphatic carbocycles. The minimum atomic E-state index is -0.713. The number of nitrogens with zero attached hydrogens (tertiary/aromatic N) is 1. The van der Waals surface area contributed by atoms with Crippen LogP contribution in [-0.4, -0.2) is 29.8 Å². The van der Waals surface area contributed by atoms with Crippen molar-refractivity contribution in [3.05, 3.63) is 65.7 Å². The van der Waals surface area contributed by atoms with Crippen LogP contribution >= 0.6 is 0 Å². The lowest BCUT2D eigenvalue weighted by Crippen LogP contribution is -2.52. The number of fused-ring (bicyclic) bond motifs is 2. The molecule has 3 aromatic rings. The van der Waals surface area contributed by atoms with Crippen LogP contribution in [-0.2, 0) is 9.59 Å². The maximum atomic E-state index is 12.4. The second kappa shape index (κ2) is 5.56. The molecule has 4 rings (SSSR count). The number of imide groups is 2. The highest BCUT2D eigenvalue weighted by Crippen LogP contribution is 2.30. The van der Waals surface area contributed by atoms with E-state index in [2.05, 4.69) is 11.4 Å². The molecule has 1 aliphatic rings. The molecule has 5 nitrogen and oxygen atoms in total. The molecule has 1 fully saturated rings. The predicted octanol–water partition coefficient (Wildman–Crippen LogP) is 3.08. The van der Waals surface area contributed by atoms with E-state index >= 15 is 0 Å². The molecule has 3 aromatic carbocycles. The van der Waals surface area contributed by atoms with E-state index < -0.39 is 17.8 Å². The molecule has 4 amide bonds. The van der Waals surface area contributed by atoms with Gasteiger partial charge < -0.3 is 0 Å². The van der Waals surface area contributed by atoms with E-state index in [0.717, 1.165) is 32.0 Å². The van der Waals surface area contributed by atoms with Crippen LogP contribution in [0.5, 0.6) is 0 Å². The van der Waals surface area contributed by atoms with Gasteiger partial charge in [-0.2, -0.15) is 0 Å². The smallest absolute Gasteiger partial charge is 0.273 e. The Labute approximate surface area is 143 Å². The number of carbonyl (C=O) groups excluding carboxylic acids is 3. The third kappa shape index (κ3) is 2.37. The number of rotatable bonds is 1. The number of nitrogens with one attached hydrogen (secondary N) is 1. The number of barbiturate groups is 1. The summed E-state index contributed by atoms with van der Waals surface area (Å²) in [7, 11) is 1.35. The second-order valence-corrected chi connectivity index (χ2v) is 5.91. The van der Waals surface area contributed by atoms with E-state index in [1.165, 1.54) is 7.05 Å². The molecule has 0 saturated carbocycles. The largest absolute Gasteiger partial charge is 0.331 e. The van der Waals surface area contributed by atoms with Crippen LogP contribution in [0.2, 0.25) is 0 Å². The van der Waals surface area contributed by atoms with Gasteiger partial charge >= 0.3 is 6.03 Å². The maximum Gasteiger partial charge on any atom is 0.331 e. The van der Waals surface area contributed by atoms with Crippen LogP contribution in [0.15, 0.2) is 60.2 Å². The van der Waals surface area contributed by atoms with Crippen molar-refractivity contribution in [2.75, 3.05) is 7.05 Å². The van der Waals surface area contributed by atoms with E-state index in [9.17, 15) is 14.4 Å². The third-order valence-corrected chi connectivity index (χ3v) is 4.41. The molecule has 0 radical (unpaired) electrons. The lowest BCUT2D eigenvalue weighted by atomic mass is 9.94. The summed E-state index contributed by atoms with van der Waals surface area (Å²) in [5, 5.41) is 6.09. The maximum absolute atomic E-state index is 12.4. The lowest BCUT2D eigenvalue weighted by Gasteiger charge is -2.22. The lowest BCUT2D eigenvalue weighted by molar-refractivity contribution is -0.129. The molecule has 0 bridgehead atoms. The first kappa shape index (κ1) is 15.1. The highest BCUT2D eigenvalue weighted by molar-refractivity contribution is 6.31. The summed E-state index contributed by atoms with van der Waals surface area (Å²) in [4.78, 5) is 37.1. The zero-order valence-corrected chi connectivity index (χ0v) is 13.4. The molecule has 25 heavy (non-hydrogen) atoms. The first-order chi connectivity index (χ1) is 12.1. The van der Waals surface area contributed by atoms with E-state index in [4.69, 9.17) is 0 Å². The van der Waals surface area contributed by atoms with Crippen LogP contribution in [0.3, 0.4) is 0 Å². The van der Waals surface area contributed by atoms with Crippen LogP contribution < -0.4 is 5.32 Å². The van der Waals surface area contributed by atoms with E-state index in [-0.39, 0.29) is 5.57 Å². The highest BCUT2D eigenvalue weighted by Gasteiger charge is 2.33. The highest BCUT2D eigenvalue weighted by atomic mass is 16.2. The molecule has 1 heterocycles. The number of carbonyl (C=O) groups is 3. The van der Waals surface area contributed by atoms with Gasteiger partial charge in [-0.05, 0) is 39.3 Å². The fourth-order valence-corrected chi connectivity index (χ4v) is 3.09. The van der Waals surface area contributed by atoms with Crippen LogP contribution in [0, 0.1) is 0 Å². The first-order valence-electron chi connectivity index (χ1n) is 7.82. The Morgan fingerprint density at radius 2 is 1.44 bits per heavy atom. The zero-order chi connectivity index (χ0) is 17.6. The standard InChI is InChI=1S/C20H14N2O3/c1-22-19(24)17(18(23)21-20(22)25)11-16-14-8-4-2-6-12(14)10-13-7-3-5-9-15(13)16/h2-11H,1H3,(H,21,23,25). The third-order valence-electron chi connectivity index (χ3n) is 4.41. The van der Waals surface area contributed by atoms with Crippen LogP contribution in [0.25, 0.3) is 27.6 Å². The van der Waals surface area contributed by atoms with E-state index in [0.29, 0.717) is 0 Å². The van der Waals surface area contributed by atoms with Crippen molar-refractivity contribution in [3.8, 4) is 0 Å². The van der Waals surface area contributed by atoms with Gasteiger partial charge in [0.15, 0.2) is 0 Å². The summed E-state index contributed by atoms with van der Waals surface area (Å²) in [6.45, 7) is 0. The first-order valence-corrected chi connectivity index (χ1v) is 7.82. The average molecular weight is 330 g/mol. The summed E-state index contributed by atoms with van der Waals surface area (Å²) in [5.74, 6) is -1.28. The number of hydrogen-bond acceptors (Lipinski definition) is 3. The Bertz CT molecular complexity index is 1040. The summed E-state index contributed by atoms with van der Waals surface area (Å²) in [6, 6.07) is 17.0. The molecule has 0 atom stereocenters. The van der Waals surface area contributed by atoms with Gasteiger partial charge in [-0.1, -0.05) is 48.5 Å². The Balaban J connectivity index is 2.03. The molecule has 1 N–H and O–H groups in total. The van der Waals surface area contributed by atoms with Gasteiger partial charge in [-0.25, -0.2) is 4.79 Å². The van der Waals surface area contributed by atoms with Gasteiger partial charge in [0.05, 0.1) is 0 Å². The van der Waals surface area contributed by atoms with Gasteiger partial charge in [0, 0.05) is 7.05 Å². The number of urea groups is 1. The van der Waals surface area contributed by atoms with Crippen molar-refractivity contribution >= 4 is 45.5 Å². The SMILES string of the molecule is CN1C(=O)NC(=O)C(=Cc2c3ccccc3cc3ccccc23)C1=O. The summed E-state index contributed by atoms with van der Waals surface area (Å²) < 4.78 is 0. The fraction of sp³-hybridized carbons (Fsp3) is 0.0500. The van der Waals surface area contributed by atoms with Crippen molar-refractivity contribution < 1.29 is 14.4 Å². The molecule has 122 valence electrons. The number of amides is 4. The topological polar surface area (TPSA) is 66.5 Å². The van der Waals surface area contributed by atoms with Crippen molar-refractivity contribution in [1.29, 1.82) is 0 Å². The summed E-state index contributed by atoms with van der Waals surface area (Å²) in [6.07, 6.45) is 1.57. The molecule has 0 unspecified atom stereocenters. The Morgan fingerprint density at radius 3 is 2.04 bits per heavy atom. The molecular weight excluding hydrogens is 316 g/mol. The normalized spacial score (nSPS) is 16.8. The quantitative estimate of drug-likeness (QED) is 0.423. The van der Waals surface area contributed by atoms with Gasteiger partial charge in [0.1, 0.15) is 5.57 Å². The number of benzene rings is 3.